The molecule has 1 amide bonds. The summed E-state index contributed by atoms with van der Waals surface area (Å²) in [6.07, 6.45) is -11.3. The van der Waals surface area contributed by atoms with Gasteiger partial charge in [-0.25, -0.2) is 13.4 Å². The lowest BCUT2D eigenvalue weighted by Gasteiger charge is -2.20. The van der Waals surface area contributed by atoms with Gasteiger partial charge in [0, 0.05) is 6.20 Å². The molecule has 1 aromatic heterocycles. The predicted octanol–water partition coefficient (Wildman–Crippen LogP) is 3.39. The number of halogens is 8. The van der Waals surface area contributed by atoms with Crippen LogP contribution < -0.4 is 10.0 Å². The SMILES string of the molecule is CCCS(=O)(=O)Nc1ncc(C(F)(F)F)cc1NC(=O)C(F)(F)C(F)(F)F. The van der Waals surface area contributed by atoms with Crippen molar-refractivity contribution < 1.29 is 48.3 Å². The van der Waals surface area contributed by atoms with Gasteiger partial charge in [-0.15, -0.1) is 0 Å². The zero-order valence-corrected chi connectivity index (χ0v) is 14.0. The van der Waals surface area contributed by atoms with Gasteiger partial charge in [-0.3, -0.25) is 9.52 Å². The topological polar surface area (TPSA) is 88.2 Å². The highest BCUT2D eigenvalue weighted by Gasteiger charge is 2.63. The van der Waals surface area contributed by atoms with E-state index in [1.807, 2.05) is 0 Å². The third kappa shape index (κ3) is 5.64. The highest BCUT2D eigenvalue weighted by Crippen LogP contribution is 2.38. The van der Waals surface area contributed by atoms with Crippen LogP contribution in [0.2, 0.25) is 0 Å². The molecular weight excluding hydrogens is 418 g/mol. The maximum absolute atomic E-state index is 13.0. The number of hydrogen-bond donors (Lipinski definition) is 2. The van der Waals surface area contributed by atoms with Crippen molar-refractivity contribution in [2.45, 2.75) is 31.6 Å². The molecule has 0 radical (unpaired) electrons. The summed E-state index contributed by atoms with van der Waals surface area (Å²) in [6, 6.07) is -0.0266. The summed E-state index contributed by atoms with van der Waals surface area (Å²) in [5, 5.41) is 0.936. The van der Waals surface area contributed by atoms with Crippen LogP contribution in [-0.4, -0.2) is 37.2 Å². The van der Waals surface area contributed by atoms with Crippen LogP contribution in [0.25, 0.3) is 0 Å². The fourth-order valence-electron chi connectivity index (χ4n) is 1.59. The fraction of sp³-hybridized carbons (Fsp3) is 0.500. The average Bonchev–Trinajstić information content (AvgIpc) is 2.46. The van der Waals surface area contributed by atoms with Crippen LogP contribution in [0.1, 0.15) is 18.9 Å². The summed E-state index contributed by atoms with van der Waals surface area (Å²) in [5.41, 5.74) is -2.94. The van der Waals surface area contributed by atoms with Crippen LogP contribution in [0.5, 0.6) is 0 Å². The van der Waals surface area contributed by atoms with Crippen molar-refractivity contribution in [2.75, 3.05) is 15.8 Å². The molecule has 27 heavy (non-hydrogen) atoms. The van der Waals surface area contributed by atoms with Crippen LogP contribution in [0.4, 0.5) is 46.6 Å². The van der Waals surface area contributed by atoms with Crippen molar-refractivity contribution >= 4 is 27.4 Å². The molecule has 0 bridgehead atoms. The molecule has 154 valence electrons. The molecule has 0 aromatic carbocycles. The van der Waals surface area contributed by atoms with Gasteiger partial charge in [-0.1, -0.05) is 6.92 Å². The number of hydrogen-bond acceptors (Lipinski definition) is 4. The largest absolute Gasteiger partial charge is 0.463 e. The van der Waals surface area contributed by atoms with Crippen molar-refractivity contribution in [3.63, 3.8) is 0 Å². The molecule has 15 heteroatoms. The van der Waals surface area contributed by atoms with Gasteiger partial charge in [-0.05, 0) is 12.5 Å². The molecule has 1 heterocycles. The smallest absolute Gasteiger partial charge is 0.317 e. The van der Waals surface area contributed by atoms with E-state index in [1.54, 1.807) is 4.72 Å². The van der Waals surface area contributed by atoms with Crippen molar-refractivity contribution in [3.05, 3.63) is 17.8 Å². The van der Waals surface area contributed by atoms with Gasteiger partial charge in [-0.2, -0.15) is 35.1 Å². The number of aromatic nitrogens is 1. The summed E-state index contributed by atoms with van der Waals surface area (Å²) in [5.74, 6) is -10.6. The lowest BCUT2D eigenvalue weighted by Crippen LogP contribution is -2.47. The van der Waals surface area contributed by atoms with Crippen molar-refractivity contribution in [2.24, 2.45) is 0 Å². The summed E-state index contributed by atoms with van der Waals surface area (Å²) in [7, 11) is -4.21. The Hall–Kier alpha value is -2.19. The minimum absolute atomic E-state index is 0.0266. The van der Waals surface area contributed by atoms with Gasteiger partial charge in [0.15, 0.2) is 5.82 Å². The standard InChI is InChI=1S/C12H11F8N3O3S/c1-2-3-27(25,26)23-8-7(4-6(5-21-8)11(15,16)17)22-9(24)10(13,14)12(18,19)20/h4-5H,2-3H2,1H3,(H,21,23)(H,22,24). The average molecular weight is 429 g/mol. The van der Waals surface area contributed by atoms with Gasteiger partial charge in [0.05, 0.1) is 17.0 Å². The fourth-order valence-corrected chi connectivity index (χ4v) is 2.69. The summed E-state index contributed by atoms with van der Waals surface area (Å²) in [4.78, 5) is 14.3. The van der Waals surface area contributed by atoms with Crippen LogP contribution in [0, 0.1) is 0 Å². The first-order valence-electron chi connectivity index (χ1n) is 6.85. The first-order chi connectivity index (χ1) is 12.0. The number of nitrogens with one attached hydrogen (secondary N) is 2. The maximum Gasteiger partial charge on any atom is 0.463 e. The van der Waals surface area contributed by atoms with E-state index >= 15 is 0 Å². The second-order valence-corrected chi connectivity index (χ2v) is 6.91. The number of nitrogens with zero attached hydrogens (tertiary/aromatic N) is 1. The van der Waals surface area contributed by atoms with Gasteiger partial charge in [0.25, 0.3) is 0 Å². The molecular formula is C12H11F8N3O3S. The van der Waals surface area contributed by atoms with Gasteiger partial charge >= 0.3 is 24.2 Å². The molecule has 0 saturated carbocycles. The van der Waals surface area contributed by atoms with E-state index in [0.717, 1.165) is 5.32 Å². The van der Waals surface area contributed by atoms with Crippen molar-refractivity contribution in [3.8, 4) is 0 Å². The monoisotopic (exact) mass is 429 g/mol. The van der Waals surface area contributed by atoms with E-state index in [9.17, 15) is 48.3 Å². The number of rotatable bonds is 6. The molecule has 0 unspecified atom stereocenters. The second-order valence-electron chi connectivity index (χ2n) is 5.07. The van der Waals surface area contributed by atoms with Crippen LogP contribution in [0.3, 0.4) is 0 Å². The predicted molar refractivity (Wildman–Crippen MR) is 76.6 cm³/mol. The Bertz CT molecular complexity index is 805. The Labute approximate surface area is 147 Å². The quantitative estimate of drug-likeness (QED) is 0.679. The Morgan fingerprint density at radius 1 is 1.11 bits per heavy atom. The van der Waals surface area contributed by atoms with E-state index in [4.69, 9.17) is 0 Å². The number of carbonyl (C=O) groups is 1. The highest BCUT2D eigenvalue weighted by molar-refractivity contribution is 7.92. The number of anilines is 2. The molecule has 2 N–H and O–H groups in total. The minimum Gasteiger partial charge on any atom is -0.317 e. The normalized spacial score (nSPS) is 13.4. The van der Waals surface area contributed by atoms with Crippen molar-refractivity contribution in [1.82, 2.24) is 4.98 Å². The molecule has 0 aliphatic heterocycles. The molecule has 0 fully saturated rings. The molecule has 1 aromatic rings. The van der Waals surface area contributed by atoms with Gasteiger partial charge in [0.2, 0.25) is 10.0 Å². The zero-order valence-electron chi connectivity index (χ0n) is 13.2. The lowest BCUT2D eigenvalue weighted by atomic mass is 10.2. The van der Waals surface area contributed by atoms with E-state index in [2.05, 4.69) is 4.98 Å². The molecule has 0 aliphatic rings. The Morgan fingerprint density at radius 3 is 2.11 bits per heavy atom. The number of pyridine rings is 1. The number of sulfonamides is 1. The van der Waals surface area contributed by atoms with Gasteiger partial charge < -0.3 is 5.32 Å². The number of carbonyl (C=O) groups excluding carboxylic acids is 1. The number of amides is 1. The maximum atomic E-state index is 13.0. The van der Waals surface area contributed by atoms with Crippen molar-refractivity contribution in [1.29, 1.82) is 0 Å². The Morgan fingerprint density at radius 2 is 1.67 bits per heavy atom. The third-order valence-corrected chi connectivity index (χ3v) is 4.28. The van der Waals surface area contributed by atoms with E-state index < -0.39 is 57.0 Å². The van der Waals surface area contributed by atoms with E-state index in [1.165, 1.54) is 6.92 Å². The number of alkyl halides is 8. The summed E-state index contributed by atoms with van der Waals surface area (Å²) in [6.45, 7) is 1.42. The van der Waals surface area contributed by atoms with Crippen LogP contribution >= 0.6 is 0 Å². The molecule has 1 rings (SSSR count). The minimum atomic E-state index is -6.33. The highest BCUT2D eigenvalue weighted by atomic mass is 32.2. The Balaban J connectivity index is 3.37. The molecule has 0 atom stereocenters. The zero-order chi connectivity index (χ0) is 21.3. The summed E-state index contributed by atoms with van der Waals surface area (Å²) < 4.78 is 126. The third-order valence-electron chi connectivity index (χ3n) is 2.83. The molecule has 6 nitrogen and oxygen atoms in total. The first-order valence-corrected chi connectivity index (χ1v) is 8.50. The molecule has 0 saturated heterocycles. The first kappa shape index (κ1) is 22.9. The van der Waals surface area contributed by atoms with Gasteiger partial charge in [0.1, 0.15) is 0 Å². The molecule has 0 spiro atoms. The summed E-state index contributed by atoms with van der Waals surface area (Å²) >= 11 is 0. The van der Waals surface area contributed by atoms with E-state index in [0.29, 0.717) is 0 Å². The van der Waals surface area contributed by atoms with Crippen LogP contribution in [-0.2, 0) is 21.0 Å². The lowest BCUT2D eigenvalue weighted by molar-refractivity contribution is -0.267. The van der Waals surface area contributed by atoms with Crippen LogP contribution in [0.15, 0.2) is 12.3 Å². The second kappa shape index (κ2) is 7.44. The molecule has 0 aliphatic carbocycles. The Kier molecular flexibility index (Phi) is 6.30. The van der Waals surface area contributed by atoms with E-state index in [-0.39, 0.29) is 18.7 Å².